The van der Waals surface area contributed by atoms with Gasteiger partial charge in [-0.3, -0.25) is 4.99 Å². The highest BCUT2D eigenvalue weighted by Crippen LogP contribution is 2.16. The summed E-state index contributed by atoms with van der Waals surface area (Å²) in [5.74, 6) is 1.60. The maximum Gasteiger partial charge on any atom is 0.191 e. The van der Waals surface area contributed by atoms with Crippen LogP contribution in [0.1, 0.15) is 22.4 Å². The predicted molar refractivity (Wildman–Crippen MR) is 126 cm³/mol. The van der Waals surface area contributed by atoms with E-state index < -0.39 is 0 Å². The van der Waals surface area contributed by atoms with E-state index in [4.69, 9.17) is 4.74 Å². The van der Waals surface area contributed by atoms with Crippen molar-refractivity contribution in [2.45, 2.75) is 26.4 Å². The number of ether oxygens (including phenoxy) is 1. The highest BCUT2D eigenvalue weighted by molar-refractivity contribution is 14.0. The summed E-state index contributed by atoms with van der Waals surface area (Å²) in [5, 5.41) is 11.3. The van der Waals surface area contributed by atoms with E-state index in [0.29, 0.717) is 6.54 Å². The summed E-state index contributed by atoms with van der Waals surface area (Å²) >= 11 is 1.83. The summed E-state index contributed by atoms with van der Waals surface area (Å²) in [5.41, 5.74) is 1.94. The molecular weight excluding hydrogens is 485 g/mol. The maximum atomic E-state index is 5.19. The van der Waals surface area contributed by atoms with Gasteiger partial charge in [-0.2, -0.15) is 5.10 Å². The number of nitrogens with one attached hydrogen (secondary N) is 2. The van der Waals surface area contributed by atoms with Gasteiger partial charge in [0.15, 0.2) is 5.96 Å². The molecule has 150 valence electrons. The van der Waals surface area contributed by atoms with Gasteiger partial charge in [-0.15, -0.1) is 35.3 Å². The summed E-state index contributed by atoms with van der Waals surface area (Å²) in [6, 6.07) is 14.2. The Morgan fingerprint density at radius 2 is 1.79 bits per heavy atom. The van der Waals surface area contributed by atoms with Crippen LogP contribution in [0, 0.1) is 0 Å². The average Bonchev–Trinajstić information content (AvgIpc) is 3.37. The zero-order valence-corrected chi connectivity index (χ0v) is 19.5. The van der Waals surface area contributed by atoms with Crippen molar-refractivity contribution in [2.75, 3.05) is 14.2 Å². The average molecular weight is 511 g/mol. The van der Waals surface area contributed by atoms with E-state index in [2.05, 4.69) is 39.8 Å². The Morgan fingerprint density at radius 1 is 1.07 bits per heavy atom. The molecule has 0 unspecified atom stereocenters. The summed E-state index contributed by atoms with van der Waals surface area (Å²) < 4.78 is 7.04. The molecule has 0 aliphatic carbocycles. The van der Waals surface area contributed by atoms with Crippen LogP contribution in [0.3, 0.4) is 0 Å². The number of hydrogen-bond donors (Lipinski definition) is 2. The molecule has 0 aliphatic heterocycles. The minimum Gasteiger partial charge on any atom is -0.497 e. The quantitative estimate of drug-likeness (QED) is 0.286. The molecule has 0 atom stereocenters. The number of aryl methyl sites for hydroxylation is 1. The molecular formula is C20H26IN5OS. The van der Waals surface area contributed by atoms with Crippen molar-refractivity contribution >= 4 is 41.3 Å². The minimum atomic E-state index is 0. The van der Waals surface area contributed by atoms with Crippen LogP contribution >= 0.6 is 35.3 Å². The van der Waals surface area contributed by atoms with Gasteiger partial charge in [-0.25, -0.2) is 4.68 Å². The Kier molecular flexibility index (Phi) is 8.78. The van der Waals surface area contributed by atoms with E-state index in [1.165, 1.54) is 9.75 Å². The number of nitrogens with zero attached hydrogens (tertiary/aromatic N) is 3. The molecule has 0 saturated carbocycles. The lowest BCUT2D eigenvalue weighted by Gasteiger charge is -2.10. The van der Waals surface area contributed by atoms with Crippen molar-refractivity contribution in [3.8, 4) is 11.4 Å². The van der Waals surface area contributed by atoms with Crippen molar-refractivity contribution in [1.29, 1.82) is 0 Å². The first-order valence-electron chi connectivity index (χ1n) is 8.93. The molecule has 0 saturated heterocycles. The lowest BCUT2D eigenvalue weighted by molar-refractivity contribution is 0.414. The largest absolute Gasteiger partial charge is 0.497 e. The van der Waals surface area contributed by atoms with Gasteiger partial charge < -0.3 is 15.4 Å². The fraction of sp³-hybridized carbons (Fsp3) is 0.300. The predicted octanol–water partition coefficient (Wildman–Crippen LogP) is 3.99. The van der Waals surface area contributed by atoms with E-state index in [9.17, 15) is 0 Å². The smallest absolute Gasteiger partial charge is 0.191 e. The normalized spacial score (nSPS) is 11.0. The van der Waals surface area contributed by atoms with Crippen molar-refractivity contribution in [3.63, 3.8) is 0 Å². The number of hydrogen-bond acceptors (Lipinski definition) is 4. The van der Waals surface area contributed by atoms with Crippen LogP contribution in [0.4, 0.5) is 0 Å². The Morgan fingerprint density at radius 3 is 2.43 bits per heavy atom. The first-order chi connectivity index (χ1) is 13.2. The third-order valence-corrected chi connectivity index (χ3v) is 5.37. The van der Waals surface area contributed by atoms with Gasteiger partial charge >= 0.3 is 0 Å². The third kappa shape index (κ3) is 5.96. The second-order valence-corrected chi connectivity index (χ2v) is 7.20. The molecule has 0 fully saturated rings. The number of aliphatic imine (C=N–C) groups is 1. The topological polar surface area (TPSA) is 63.5 Å². The lowest BCUT2D eigenvalue weighted by atomic mass is 10.3. The van der Waals surface area contributed by atoms with Crippen LogP contribution in [-0.2, 0) is 19.5 Å². The molecule has 2 N–H and O–H groups in total. The van der Waals surface area contributed by atoms with Crippen molar-refractivity contribution in [2.24, 2.45) is 4.99 Å². The molecule has 3 rings (SSSR count). The standard InChI is InChI=1S/C20H25N5OS.HI/c1-4-18-9-10-19(27-18)14-23-20(21-2)22-13-15-11-12-25(24-15)16-5-7-17(26-3)8-6-16;/h5-12H,4,13-14H2,1-3H3,(H2,21,22,23);1H. The highest BCUT2D eigenvalue weighted by Gasteiger charge is 2.05. The summed E-state index contributed by atoms with van der Waals surface area (Å²) in [4.78, 5) is 6.99. The third-order valence-electron chi connectivity index (χ3n) is 4.14. The Balaban J connectivity index is 0.00000280. The van der Waals surface area contributed by atoms with Crippen LogP contribution in [-0.4, -0.2) is 29.9 Å². The molecule has 6 nitrogen and oxygen atoms in total. The molecule has 2 heterocycles. The zero-order chi connectivity index (χ0) is 19.1. The number of rotatable bonds is 7. The van der Waals surface area contributed by atoms with Gasteiger partial charge in [0.05, 0.1) is 31.6 Å². The number of guanidine groups is 1. The van der Waals surface area contributed by atoms with E-state index >= 15 is 0 Å². The van der Waals surface area contributed by atoms with E-state index in [-0.39, 0.29) is 24.0 Å². The van der Waals surface area contributed by atoms with Gasteiger partial charge in [0.1, 0.15) is 5.75 Å². The van der Waals surface area contributed by atoms with Gasteiger partial charge in [-0.1, -0.05) is 6.92 Å². The van der Waals surface area contributed by atoms with Crippen molar-refractivity contribution < 1.29 is 4.74 Å². The second kappa shape index (κ2) is 11.1. The number of methoxy groups -OCH3 is 1. The molecule has 28 heavy (non-hydrogen) atoms. The van der Waals surface area contributed by atoms with Crippen molar-refractivity contribution in [3.05, 3.63) is 64.1 Å². The number of halogens is 1. The maximum absolute atomic E-state index is 5.19. The zero-order valence-electron chi connectivity index (χ0n) is 16.3. The van der Waals surface area contributed by atoms with Crippen molar-refractivity contribution in [1.82, 2.24) is 20.4 Å². The molecule has 3 aromatic rings. The molecule has 0 aliphatic rings. The van der Waals surface area contributed by atoms with Crippen LogP contribution < -0.4 is 15.4 Å². The first kappa shape index (κ1) is 22.2. The molecule has 2 aromatic heterocycles. The van der Waals surface area contributed by atoms with Gasteiger partial charge in [-0.05, 0) is 48.9 Å². The molecule has 0 spiro atoms. The Labute approximate surface area is 187 Å². The van der Waals surface area contributed by atoms with Crippen LogP contribution in [0.2, 0.25) is 0 Å². The highest BCUT2D eigenvalue weighted by atomic mass is 127. The van der Waals surface area contributed by atoms with E-state index in [0.717, 1.165) is 36.1 Å². The van der Waals surface area contributed by atoms with E-state index in [1.807, 2.05) is 52.5 Å². The molecule has 8 heteroatoms. The van der Waals surface area contributed by atoms with Gasteiger partial charge in [0.25, 0.3) is 0 Å². The fourth-order valence-corrected chi connectivity index (χ4v) is 3.51. The number of thiophene rings is 1. The Bertz CT molecular complexity index is 888. The molecule has 0 bridgehead atoms. The monoisotopic (exact) mass is 511 g/mol. The summed E-state index contributed by atoms with van der Waals surface area (Å²) in [6.07, 6.45) is 3.03. The number of benzene rings is 1. The summed E-state index contributed by atoms with van der Waals surface area (Å²) in [6.45, 7) is 3.55. The van der Waals surface area contributed by atoms with Crippen LogP contribution in [0.5, 0.6) is 5.75 Å². The van der Waals surface area contributed by atoms with Gasteiger partial charge in [0.2, 0.25) is 0 Å². The molecule has 0 amide bonds. The van der Waals surface area contributed by atoms with Crippen LogP contribution in [0.25, 0.3) is 5.69 Å². The fourth-order valence-electron chi connectivity index (χ4n) is 2.61. The lowest BCUT2D eigenvalue weighted by Crippen LogP contribution is -2.36. The number of aromatic nitrogens is 2. The van der Waals surface area contributed by atoms with E-state index in [1.54, 1.807) is 14.2 Å². The first-order valence-corrected chi connectivity index (χ1v) is 9.74. The SMILES string of the molecule is CCc1ccc(CNC(=NC)NCc2ccn(-c3ccc(OC)cc3)n2)s1.I. The summed E-state index contributed by atoms with van der Waals surface area (Å²) in [7, 11) is 3.44. The molecule has 0 radical (unpaired) electrons. The van der Waals surface area contributed by atoms with Crippen LogP contribution in [0.15, 0.2) is 53.7 Å². The van der Waals surface area contributed by atoms with Gasteiger partial charge in [0, 0.05) is 23.0 Å². The minimum absolute atomic E-state index is 0. The molecule has 1 aromatic carbocycles. The second-order valence-electron chi connectivity index (χ2n) is 5.95. The Hall–Kier alpha value is -2.07.